The van der Waals surface area contributed by atoms with Crippen LogP contribution >= 0.6 is 0 Å². The van der Waals surface area contributed by atoms with Gasteiger partial charge in [-0.05, 0) is 24.7 Å². The highest BCUT2D eigenvalue weighted by molar-refractivity contribution is 5.70. The number of hydrogen-bond donors (Lipinski definition) is 2. The number of carbonyl (C=O) groups is 1. The number of carboxylic acid groups (broad SMARTS) is 1. The Labute approximate surface area is 92.0 Å². The van der Waals surface area contributed by atoms with Gasteiger partial charge in [0.1, 0.15) is 0 Å². The van der Waals surface area contributed by atoms with Gasteiger partial charge in [-0.25, -0.2) is 0 Å². The lowest BCUT2D eigenvalue weighted by molar-refractivity contribution is -0.141. The lowest BCUT2D eigenvalue weighted by atomic mass is 9.93. The number of rotatable bonds is 8. The third kappa shape index (κ3) is 5.17. The largest absolute Gasteiger partial charge is 0.481 e. The second-order valence-corrected chi connectivity index (χ2v) is 4.97. The van der Waals surface area contributed by atoms with Gasteiger partial charge in [0, 0.05) is 6.54 Å². The van der Waals surface area contributed by atoms with Crippen molar-refractivity contribution in [2.45, 2.75) is 45.4 Å². The minimum atomic E-state index is -0.744. The van der Waals surface area contributed by atoms with Crippen LogP contribution in [-0.4, -0.2) is 17.6 Å². The van der Waals surface area contributed by atoms with E-state index >= 15 is 0 Å². The Balaban J connectivity index is 2.07. The van der Waals surface area contributed by atoms with Crippen LogP contribution < -0.4 is 5.73 Å². The van der Waals surface area contributed by atoms with Crippen molar-refractivity contribution in [3.8, 4) is 0 Å². The van der Waals surface area contributed by atoms with E-state index in [1.165, 1.54) is 25.7 Å². The Morgan fingerprint density at radius 2 is 2.07 bits per heavy atom. The number of nitrogens with two attached hydrogens (primary N) is 1. The molecule has 1 aliphatic rings. The van der Waals surface area contributed by atoms with Crippen LogP contribution in [0, 0.1) is 17.8 Å². The Hall–Kier alpha value is -0.570. The van der Waals surface area contributed by atoms with Gasteiger partial charge in [-0.1, -0.05) is 32.6 Å². The topological polar surface area (TPSA) is 63.3 Å². The fourth-order valence-corrected chi connectivity index (χ4v) is 1.90. The molecule has 0 aliphatic heterocycles. The predicted octanol–water partition coefficient (Wildman–Crippen LogP) is 2.25. The first-order chi connectivity index (χ1) is 7.13. The van der Waals surface area contributed by atoms with Crippen molar-refractivity contribution < 1.29 is 9.90 Å². The van der Waals surface area contributed by atoms with Crippen LogP contribution in [-0.2, 0) is 4.79 Å². The van der Waals surface area contributed by atoms with Gasteiger partial charge < -0.3 is 10.8 Å². The molecular weight excluding hydrogens is 190 g/mol. The summed E-state index contributed by atoms with van der Waals surface area (Å²) in [5, 5.41) is 8.83. The molecule has 0 bridgehead atoms. The minimum Gasteiger partial charge on any atom is -0.481 e. The first kappa shape index (κ1) is 12.5. The van der Waals surface area contributed by atoms with Crippen molar-refractivity contribution in [3.63, 3.8) is 0 Å². The van der Waals surface area contributed by atoms with E-state index in [9.17, 15) is 4.79 Å². The molecule has 1 fully saturated rings. The summed E-state index contributed by atoms with van der Waals surface area (Å²) >= 11 is 0. The second kappa shape index (κ2) is 6.11. The molecule has 0 radical (unpaired) electrons. The zero-order valence-electron chi connectivity index (χ0n) is 9.61. The quantitative estimate of drug-likeness (QED) is 0.650. The van der Waals surface area contributed by atoms with Crippen molar-refractivity contribution in [2.75, 3.05) is 6.54 Å². The van der Waals surface area contributed by atoms with E-state index < -0.39 is 5.97 Å². The van der Waals surface area contributed by atoms with Gasteiger partial charge in [0.2, 0.25) is 0 Å². The van der Waals surface area contributed by atoms with Crippen LogP contribution in [0.15, 0.2) is 0 Å². The van der Waals surface area contributed by atoms with Crippen LogP contribution in [0.25, 0.3) is 0 Å². The lowest BCUT2D eigenvalue weighted by Crippen LogP contribution is -2.23. The molecule has 3 N–H and O–H groups in total. The summed E-state index contributed by atoms with van der Waals surface area (Å²) in [4.78, 5) is 10.7. The van der Waals surface area contributed by atoms with Crippen molar-refractivity contribution in [1.82, 2.24) is 0 Å². The molecule has 0 aromatic heterocycles. The monoisotopic (exact) mass is 213 g/mol. The Kier molecular flexibility index (Phi) is 5.09. The highest BCUT2D eigenvalue weighted by atomic mass is 16.4. The van der Waals surface area contributed by atoms with E-state index in [4.69, 9.17) is 10.8 Å². The maximum absolute atomic E-state index is 10.7. The molecule has 2 atom stereocenters. The van der Waals surface area contributed by atoms with Gasteiger partial charge in [0.25, 0.3) is 0 Å². The Bertz CT molecular complexity index is 202. The van der Waals surface area contributed by atoms with Gasteiger partial charge in [-0.2, -0.15) is 0 Å². The third-order valence-electron chi connectivity index (χ3n) is 3.41. The second-order valence-electron chi connectivity index (χ2n) is 4.97. The van der Waals surface area contributed by atoms with Crippen molar-refractivity contribution in [2.24, 2.45) is 23.5 Å². The molecule has 1 aliphatic carbocycles. The molecule has 15 heavy (non-hydrogen) atoms. The first-order valence-electron chi connectivity index (χ1n) is 6.06. The fourth-order valence-electron chi connectivity index (χ4n) is 1.90. The molecule has 0 aromatic carbocycles. The van der Waals surface area contributed by atoms with E-state index in [-0.39, 0.29) is 12.5 Å². The molecule has 3 heteroatoms. The molecule has 0 saturated heterocycles. The standard InChI is InChI=1S/C12H23NO2/c1-9(2-4-10-5-6-10)3-7-11(8-13)12(14)15/h9-11H,2-8,13H2,1H3,(H,14,15)/t9-,11-/m1/s1. The highest BCUT2D eigenvalue weighted by Crippen LogP contribution is 2.35. The fraction of sp³-hybridized carbons (Fsp3) is 0.917. The van der Waals surface area contributed by atoms with Crippen LogP contribution in [0.2, 0.25) is 0 Å². The molecule has 0 aromatic rings. The average molecular weight is 213 g/mol. The van der Waals surface area contributed by atoms with E-state index in [0.29, 0.717) is 5.92 Å². The maximum Gasteiger partial charge on any atom is 0.307 e. The summed E-state index contributed by atoms with van der Waals surface area (Å²) in [6, 6.07) is 0. The Morgan fingerprint density at radius 1 is 1.40 bits per heavy atom. The summed E-state index contributed by atoms with van der Waals surface area (Å²) in [5.74, 6) is 0.552. The Morgan fingerprint density at radius 3 is 2.53 bits per heavy atom. The summed E-state index contributed by atoms with van der Waals surface area (Å²) < 4.78 is 0. The maximum atomic E-state index is 10.7. The summed E-state index contributed by atoms with van der Waals surface area (Å²) in [5.41, 5.74) is 5.41. The normalized spacial score (nSPS) is 19.9. The lowest BCUT2D eigenvalue weighted by Gasteiger charge is -2.14. The molecular formula is C12H23NO2. The molecule has 88 valence electrons. The predicted molar refractivity (Wildman–Crippen MR) is 60.5 cm³/mol. The molecule has 0 spiro atoms. The number of aliphatic carboxylic acids is 1. The zero-order valence-corrected chi connectivity index (χ0v) is 9.61. The van der Waals surface area contributed by atoms with Crippen LogP contribution in [0.5, 0.6) is 0 Å². The van der Waals surface area contributed by atoms with E-state index in [0.717, 1.165) is 18.8 Å². The summed E-state index contributed by atoms with van der Waals surface area (Å²) in [6.45, 7) is 2.49. The van der Waals surface area contributed by atoms with Crippen LogP contribution in [0.3, 0.4) is 0 Å². The van der Waals surface area contributed by atoms with Gasteiger partial charge in [0.15, 0.2) is 0 Å². The van der Waals surface area contributed by atoms with Crippen molar-refractivity contribution >= 4 is 5.97 Å². The SMILES string of the molecule is C[C@H](CCC1CC1)CC[C@H](CN)C(=O)O. The first-order valence-corrected chi connectivity index (χ1v) is 6.06. The minimum absolute atomic E-state index is 0.269. The molecule has 0 heterocycles. The molecule has 0 amide bonds. The zero-order chi connectivity index (χ0) is 11.3. The molecule has 0 unspecified atom stereocenters. The van der Waals surface area contributed by atoms with E-state index in [1.54, 1.807) is 0 Å². The van der Waals surface area contributed by atoms with Crippen LogP contribution in [0.1, 0.15) is 45.4 Å². The van der Waals surface area contributed by atoms with Crippen molar-refractivity contribution in [3.05, 3.63) is 0 Å². The number of carboxylic acids is 1. The van der Waals surface area contributed by atoms with Gasteiger partial charge in [-0.15, -0.1) is 0 Å². The summed E-state index contributed by atoms with van der Waals surface area (Å²) in [7, 11) is 0. The highest BCUT2D eigenvalue weighted by Gasteiger charge is 2.22. The molecule has 1 saturated carbocycles. The number of hydrogen-bond acceptors (Lipinski definition) is 2. The van der Waals surface area contributed by atoms with Gasteiger partial charge in [-0.3, -0.25) is 4.79 Å². The van der Waals surface area contributed by atoms with Crippen LogP contribution in [0.4, 0.5) is 0 Å². The summed E-state index contributed by atoms with van der Waals surface area (Å²) in [6.07, 6.45) is 7.14. The smallest absolute Gasteiger partial charge is 0.307 e. The average Bonchev–Trinajstić information content (AvgIpc) is 2.98. The third-order valence-corrected chi connectivity index (χ3v) is 3.41. The van der Waals surface area contributed by atoms with E-state index in [1.807, 2.05) is 0 Å². The molecule has 1 rings (SSSR count). The van der Waals surface area contributed by atoms with Gasteiger partial charge >= 0.3 is 5.97 Å². The van der Waals surface area contributed by atoms with E-state index in [2.05, 4.69) is 6.92 Å². The van der Waals surface area contributed by atoms with Gasteiger partial charge in [0.05, 0.1) is 5.92 Å². The van der Waals surface area contributed by atoms with Crippen molar-refractivity contribution in [1.29, 1.82) is 0 Å². The molecule has 3 nitrogen and oxygen atoms in total.